The molecule has 2 heterocycles. The third-order valence-corrected chi connectivity index (χ3v) is 4.04. The van der Waals surface area contributed by atoms with Crippen LogP contribution in [0.2, 0.25) is 0 Å². The topological polar surface area (TPSA) is 44.3 Å². The van der Waals surface area contributed by atoms with Crippen LogP contribution in [0.1, 0.15) is 38.6 Å². The van der Waals surface area contributed by atoms with Gasteiger partial charge in [0, 0.05) is 44.7 Å². The van der Waals surface area contributed by atoms with Gasteiger partial charge in [-0.1, -0.05) is 13.8 Å². The second-order valence-electron chi connectivity index (χ2n) is 5.65. The van der Waals surface area contributed by atoms with Crippen LogP contribution in [-0.4, -0.2) is 54.1 Å². The number of aromatic nitrogens is 2. The molecule has 1 aromatic rings. The molecule has 2 rings (SSSR count). The molecule has 5 nitrogen and oxygen atoms in total. The molecule has 1 N–H and O–H groups in total. The van der Waals surface area contributed by atoms with Gasteiger partial charge in [-0.05, 0) is 26.8 Å². The lowest BCUT2D eigenvalue weighted by Gasteiger charge is -2.36. The summed E-state index contributed by atoms with van der Waals surface area (Å²) in [4.78, 5) is 14.4. The number of aryl methyl sites for hydroxylation is 1. The third-order valence-electron chi connectivity index (χ3n) is 4.04. The first-order chi connectivity index (χ1) is 10.2. The molecule has 0 spiro atoms. The van der Waals surface area contributed by atoms with Gasteiger partial charge < -0.3 is 10.2 Å². The molecular weight excluding hydrogens is 262 g/mol. The van der Waals surface area contributed by atoms with Gasteiger partial charge in [-0.25, -0.2) is 9.97 Å². The molecule has 0 unspecified atom stereocenters. The maximum Gasteiger partial charge on any atom is 0.137 e. The van der Waals surface area contributed by atoms with Gasteiger partial charge >= 0.3 is 0 Å². The van der Waals surface area contributed by atoms with Crippen LogP contribution in [0.5, 0.6) is 0 Å². The normalized spacial score (nSPS) is 16.3. The van der Waals surface area contributed by atoms with E-state index in [9.17, 15) is 0 Å². The van der Waals surface area contributed by atoms with E-state index in [1.807, 2.05) is 0 Å². The van der Waals surface area contributed by atoms with Gasteiger partial charge in [0.25, 0.3) is 0 Å². The smallest absolute Gasteiger partial charge is 0.137 e. The van der Waals surface area contributed by atoms with Crippen LogP contribution in [0.25, 0.3) is 0 Å². The van der Waals surface area contributed by atoms with E-state index in [1.165, 1.54) is 18.5 Å². The minimum Gasteiger partial charge on any atom is -0.370 e. The highest BCUT2D eigenvalue weighted by molar-refractivity contribution is 5.59. The summed E-state index contributed by atoms with van der Waals surface area (Å²) in [6.07, 6.45) is 2.11. The zero-order valence-corrected chi connectivity index (χ0v) is 13.9. The monoisotopic (exact) mass is 291 g/mol. The fourth-order valence-corrected chi connectivity index (χ4v) is 2.85. The highest BCUT2D eigenvalue weighted by Gasteiger charge is 2.21. The van der Waals surface area contributed by atoms with Gasteiger partial charge in [-0.2, -0.15) is 0 Å². The molecule has 118 valence electrons. The van der Waals surface area contributed by atoms with E-state index in [1.54, 1.807) is 0 Å². The van der Waals surface area contributed by atoms with E-state index in [0.717, 1.165) is 56.6 Å². The molecule has 1 aromatic heterocycles. The van der Waals surface area contributed by atoms with Crippen LogP contribution in [0.4, 0.5) is 11.6 Å². The van der Waals surface area contributed by atoms with Crippen LogP contribution >= 0.6 is 0 Å². The number of nitrogens with zero attached hydrogens (tertiary/aromatic N) is 4. The fraction of sp³-hybridized carbons (Fsp3) is 0.750. The molecule has 1 saturated heterocycles. The lowest BCUT2D eigenvalue weighted by Crippen LogP contribution is -2.47. The first-order valence-electron chi connectivity index (χ1n) is 8.28. The van der Waals surface area contributed by atoms with E-state index >= 15 is 0 Å². The quantitative estimate of drug-likeness (QED) is 0.871. The Kier molecular flexibility index (Phi) is 5.79. The minimum absolute atomic E-state index is 0.876. The van der Waals surface area contributed by atoms with E-state index in [4.69, 9.17) is 4.98 Å². The van der Waals surface area contributed by atoms with Gasteiger partial charge in [-0.15, -0.1) is 0 Å². The minimum atomic E-state index is 0.876. The number of rotatable bonds is 6. The maximum absolute atomic E-state index is 4.78. The first-order valence-corrected chi connectivity index (χ1v) is 8.28. The van der Waals surface area contributed by atoms with E-state index in [2.05, 4.69) is 47.8 Å². The Morgan fingerprint density at radius 1 is 1.05 bits per heavy atom. The summed E-state index contributed by atoms with van der Waals surface area (Å²) >= 11 is 0. The summed E-state index contributed by atoms with van der Waals surface area (Å²) in [7, 11) is 0. The number of hydrogen-bond donors (Lipinski definition) is 1. The van der Waals surface area contributed by atoms with Crippen molar-refractivity contribution >= 4 is 11.6 Å². The summed E-state index contributed by atoms with van der Waals surface area (Å²) < 4.78 is 0. The predicted octanol–water partition coefficient (Wildman–Crippen LogP) is 2.31. The number of hydrogen-bond acceptors (Lipinski definition) is 5. The second kappa shape index (κ2) is 7.59. The van der Waals surface area contributed by atoms with Crippen molar-refractivity contribution in [2.75, 3.05) is 49.5 Å². The van der Waals surface area contributed by atoms with Crippen molar-refractivity contribution in [3.05, 3.63) is 11.4 Å². The molecule has 5 heteroatoms. The Hall–Kier alpha value is -1.36. The molecule has 0 atom stereocenters. The number of nitrogens with one attached hydrogen (secondary N) is 1. The van der Waals surface area contributed by atoms with Gasteiger partial charge in [0.05, 0.1) is 0 Å². The van der Waals surface area contributed by atoms with E-state index in [0.29, 0.717) is 0 Å². The molecule has 0 bridgehead atoms. The Balaban J connectivity index is 2.17. The van der Waals surface area contributed by atoms with E-state index in [-0.39, 0.29) is 0 Å². The summed E-state index contributed by atoms with van der Waals surface area (Å²) in [6, 6.07) is 0. The SMILES string of the molecule is CCCN1CCN(c2nc(CC)nc(NCC)c2C)CC1. The zero-order valence-electron chi connectivity index (χ0n) is 13.9. The summed E-state index contributed by atoms with van der Waals surface area (Å²) in [5.41, 5.74) is 1.18. The molecule has 1 aliphatic rings. The van der Waals surface area contributed by atoms with Crippen LogP contribution in [0.3, 0.4) is 0 Å². The fourth-order valence-electron chi connectivity index (χ4n) is 2.85. The van der Waals surface area contributed by atoms with Crippen molar-refractivity contribution in [2.45, 2.75) is 40.5 Å². The van der Waals surface area contributed by atoms with Crippen molar-refractivity contribution in [1.29, 1.82) is 0 Å². The van der Waals surface area contributed by atoms with Crippen molar-refractivity contribution < 1.29 is 0 Å². The van der Waals surface area contributed by atoms with E-state index < -0.39 is 0 Å². The van der Waals surface area contributed by atoms with Crippen molar-refractivity contribution in [2.24, 2.45) is 0 Å². The molecule has 0 saturated carbocycles. The average molecular weight is 291 g/mol. The number of anilines is 2. The van der Waals surface area contributed by atoms with Crippen LogP contribution in [0.15, 0.2) is 0 Å². The van der Waals surface area contributed by atoms with Crippen molar-refractivity contribution in [3.63, 3.8) is 0 Å². The highest BCUT2D eigenvalue weighted by Crippen LogP contribution is 2.24. The summed E-state index contributed by atoms with van der Waals surface area (Å²) in [5, 5.41) is 3.37. The number of piperazine rings is 1. The van der Waals surface area contributed by atoms with Crippen LogP contribution < -0.4 is 10.2 Å². The predicted molar refractivity (Wildman–Crippen MR) is 89.3 cm³/mol. The molecule has 1 aliphatic heterocycles. The molecular formula is C16H29N5. The van der Waals surface area contributed by atoms with Gasteiger partial charge in [0.2, 0.25) is 0 Å². The van der Waals surface area contributed by atoms with Crippen molar-refractivity contribution in [1.82, 2.24) is 14.9 Å². The molecule has 0 aliphatic carbocycles. The van der Waals surface area contributed by atoms with Crippen LogP contribution in [-0.2, 0) is 6.42 Å². The molecule has 1 fully saturated rings. The Morgan fingerprint density at radius 3 is 2.33 bits per heavy atom. The Morgan fingerprint density at radius 2 is 1.76 bits per heavy atom. The maximum atomic E-state index is 4.78. The third kappa shape index (κ3) is 3.84. The highest BCUT2D eigenvalue weighted by atomic mass is 15.3. The van der Waals surface area contributed by atoms with Gasteiger partial charge in [-0.3, -0.25) is 4.90 Å². The lowest BCUT2D eigenvalue weighted by atomic mass is 10.2. The molecule has 0 amide bonds. The molecule has 0 aromatic carbocycles. The zero-order chi connectivity index (χ0) is 15.2. The second-order valence-corrected chi connectivity index (χ2v) is 5.65. The largest absolute Gasteiger partial charge is 0.370 e. The van der Waals surface area contributed by atoms with Crippen LogP contribution in [0, 0.1) is 6.92 Å². The average Bonchev–Trinajstić information content (AvgIpc) is 2.51. The standard InChI is InChI=1S/C16H29N5/c1-5-8-20-9-11-21(12-10-20)16-13(4)15(17-7-3)18-14(6-2)19-16/h5-12H2,1-4H3,(H,17,18,19). The Bertz CT molecular complexity index is 452. The lowest BCUT2D eigenvalue weighted by molar-refractivity contribution is 0.258. The van der Waals surface area contributed by atoms with Crippen molar-refractivity contribution in [3.8, 4) is 0 Å². The molecule has 21 heavy (non-hydrogen) atoms. The Labute approximate surface area is 128 Å². The first kappa shape index (κ1) is 16.0. The summed E-state index contributed by atoms with van der Waals surface area (Å²) in [5.74, 6) is 3.05. The van der Waals surface area contributed by atoms with Gasteiger partial charge in [0.15, 0.2) is 0 Å². The summed E-state index contributed by atoms with van der Waals surface area (Å²) in [6.45, 7) is 15.1. The van der Waals surface area contributed by atoms with Gasteiger partial charge in [0.1, 0.15) is 17.5 Å². The molecule has 0 radical (unpaired) electrons.